The monoisotopic (exact) mass is 396 g/mol. The molecule has 1 aliphatic rings. The number of carbonyl (C=O) groups is 2. The number of pyridine rings is 1. The molecule has 1 fully saturated rings. The summed E-state index contributed by atoms with van der Waals surface area (Å²) >= 11 is 0. The van der Waals surface area contributed by atoms with E-state index in [0.29, 0.717) is 43.2 Å². The third-order valence-corrected chi connectivity index (χ3v) is 4.69. The van der Waals surface area contributed by atoms with E-state index in [1.165, 1.54) is 4.90 Å². The predicted octanol–water partition coefficient (Wildman–Crippen LogP) is 2.94. The molecule has 2 aromatic rings. The van der Waals surface area contributed by atoms with Gasteiger partial charge in [0.25, 0.3) is 11.7 Å². The Hall–Kier alpha value is -3.19. The zero-order valence-corrected chi connectivity index (χ0v) is 16.5. The molecule has 7 heteroatoms. The van der Waals surface area contributed by atoms with Crippen LogP contribution >= 0.6 is 0 Å². The minimum atomic E-state index is -0.750. The number of ether oxygens (including phenoxy) is 2. The fourth-order valence-electron chi connectivity index (χ4n) is 3.37. The number of likely N-dealkylation sites (tertiary alicyclic amines) is 1. The molecule has 1 atom stereocenters. The standard InChI is InChI=1S/C22H24N2O5/c1-3-29-16-10-8-15(9-11-16)20(25)18-19(17-7-4-5-12-23-17)24(13-6-14-28-2)22(27)21(18)26/h4-5,7-12,19,25H,3,6,13-14H2,1-2H3/b20-18-. The zero-order chi connectivity index (χ0) is 20.8. The molecule has 1 amide bonds. The van der Waals surface area contributed by atoms with E-state index in [0.717, 1.165) is 0 Å². The quantitative estimate of drug-likeness (QED) is 0.319. The largest absolute Gasteiger partial charge is 0.507 e. The zero-order valence-electron chi connectivity index (χ0n) is 16.5. The van der Waals surface area contributed by atoms with Gasteiger partial charge in [-0.25, -0.2) is 0 Å². The van der Waals surface area contributed by atoms with Crippen LogP contribution in [0.2, 0.25) is 0 Å². The van der Waals surface area contributed by atoms with E-state index in [1.807, 2.05) is 6.92 Å². The number of aromatic nitrogens is 1. The van der Waals surface area contributed by atoms with Crippen LogP contribution in [-0.2, 0) is 14.3 Å². The average Bonchev–Trinajstić information content (AvgIpc) is 3.00. The number of methoxy groups -OCH3 is 1. The number of nitrogens with zero attached hydrogens (tertiary/aromatic N) is 2. The van der Waals surface area contributed by atoms with Crippen molar-refractivity contribution in [2.24, 2.45) is 0 Å². The van der Waals surface area contributed by atoms with Gasteiger partial charge in [0, 0.05) is 32.0 Å². The lowest BCUT2D eigenvalue weighted by molar-refractivity contribution is -0.140. The van der Waals surface area contributed by atoms with Crippen molar-refractivity contribution in [1.29, 1.82) is 0 Å². The number of ketones is 1. The lowest BCUT2D eigenvalue weighted by Gasteiger charge is -2.24. The second-order valence-electron chi connectivity index (χ2n) is 6.55. The van der Waals surface area contributed by atoms with Crippen LogP contribution in [0.25, 0.3) is 5.76 Å². The van der Waals surface area contributed by atoms with E-state index >= 15 is 0 Å². The van der Waals surface area contributed by atoms with Crippen LogP contribution in [0.15, 0.2) is 54.2 Å². The third-order valence-electron chi connectivity index (χ3n) is 4.69. The normalized spacial score (nSPS) is 18.3. The molecule has 0 spiro atoms. The first kappa shape index (κ1) is 20.5. The van der Waals surface area contributed by atoms with Gasteiger partial charge in [0.1, 0.15) is 17.6 Å². The summed E-state index contributed by atoms with van der Waals surface area (Å²) in [5.41, 5.74) is 0.996. The molecule has 29 heavy (non-hydrogen) atoms. The van der Waals surface area contributed by atoms with Crippen LogP contribution in [0.5, 0.6) is 5.75 Å². The van der Waals surface area contributed by atoms with Crippen molar-refractivity contribution in [2.45, 2.75) is 19.4 Å². The number of hydrogen-bond donors (Lipinski definition) is 1. The summed E-state index contributed by atoms with van der Waals surface area (Å²) in [6, 6.07) is 11.3. The number of aliphatic hydroxyl groups is 1. The highest BCUT2D eigenvalue weighted by molar-refractivity contribution is 6.46. The Kier molecular flexibility index (Phi) is 6.61. The number of aliphatic hydroxyl groups excluding tert-OH is 1. The molecule has 1 aromatic heterocycles. The van der Waals surface area contributed by atoms with Gasteiger partial charge in [0.2, 0.25) is 0 Å². The van der Waals surface area contributed by atoms with Gasteiger partial charge in [-0.05, 0) is 49.7 Å². The Balaban J connectivity index is 2.04. The summed E-state index contributed by atoms with van der Waals surface area (Å²) in [6.45, 7) is 3.18. The fraction of sp³-hybridized carbons (Fsp3) is 0.318. The predicted molar refractivity (Wildman–Crippen MR) is 107 cm³/mol. The molecule has 0 radical (unpaired) electrons. The Morgan fingerprint density at radius 3 is 2.55 bits per heavy atom. The molecule has 1 saturated heterocycles. The highest BCUT2D eigenvalue weighted by atomic mass is 16.5. The van der Waals surface area contributed by atoms with Crippen LogP contribution in [0.1, 0.15) is 30.6 Å². The molecule has 7 nitrogen and oxygen atoms in total. The van der Waals surface area contributed by atoms with Crippen LogP contribution < -0.4 is 4.74 Å². The van der Waals surface area contributed by atoms with E-state index in [4.69, 9.17) is 9.47 Å². The van der Waals surface area contributed by atoms with Gasteiger partial charge in [-0.3, -0.25) is 14.6 Å². The van der Waals surface area contributed by atoms with Gasteiger partial charge >= 0.3 is 0 Å². The first-order valence-electron chi connectivity index (χ1n) is 9.50. The van der Waals surface area contributed by atoms with Crippen molar-refractivity contribution in [3.8, 4) is 5.75 Å². The minimum Gasteiger partial charge on any atom is -0.507 e. The van der Waals surface area contributed by atoms with Crippen LogP contribution in [-0.4, -0.2) is 53.5 Å². The molecular formula is C22H24N2O5. The number of hydrogen-bond acceptors (Lipinski definition) is 6. The minimum absolute atomic E-state index is 0.0373. The molecule has 1 unspecified atom stereocenters. The lowest BCUT2D eigenvalue weighted by atomic mass is 9.98. The molecule has 1 N–H and O–H groups in total. The fourth-order valence-corrected chi connectivity index (χ4v) is 3.37. The summed E-state index contributed by atoms with van der Waals surface area (Å²) in [6.07, 6.45) is 2.16. The van der Waals surface area contributed by atoms with E-state index in [2.05, 4.69) is 4.98 Å². The third kappa shape index (κ3) is 4.30. The van der Waals surface area contributed by atoms with E-state index in [9.17, 15) is 14.7 Å². The van der Waals surface area contributed by atoms with Crippen molar-refractivity contribution in [2.75, 3.05) is 26.9 Å². The van der Waals surface area contributed by atoms with Crippen LogP contribution in [0.3, 0.4) is 0 Å². The van der Waals surface area contributed by atoms with E-state index < -0.39 is 17.7 Å². The Morgan fingerprint density at radius 1 is 1.17 bits per heavy atom. The average molecular weight is 396 g/mol. The van der Waals surface area contributed by atoms with Crippen molar-refractivity contribution < 1.29 is 24.2 Å². The molecule has 152 valence electrons. The molecular weight excluding hydrogens is 372 g/mol. The van der Waals surface area contributed by atoms with Gasteiger partial charge in [-0.1, -0.05) is 6.07 Å². The molecule has 1 aromatic carbocycles. The Morgan fingerprint density at radius 2 is 1.93 bits per heavy atom. The number of Topliss-reactive ketones (excluding diaryl/α,β-unsaturated/α-hetero) is 1. The van der Waals surface area contributed by atoms with E-state index in [-0.39, 0.29) is 11.3 Å². The van der Waals surface area contributed by atoms with Gasteiger partial charge in [-0.2, -0.15) is 0 Å². The van der Waals surface area contributed by atoms with Crippen molar-refractivity contribution in [3.63, 3.8) is 0 Å². The van der Waals surface area contributed by atoms with Crippen molar-refractivity contribution >= 4 is 17.4 Å². The number of rotatable bonds is 8. The molecule has 1 aliphatic heterocycles. The smallest absolute Gasteiger partial charge is 0.295 e. The molecule has 0 bridgehead atoms. The summed E-state index contributed by atoms with van der Waals surface area (Å²) < 4.78 is 10.5. The van der Waals surface area contributed by atoms with Gasteiger partial charge in [0.15, 0.2) is 0 Å². The molecule has 2 heterocycles. The second-order valence-corrected chi connectivity index (χ2v) is 6.55. The maximum Gasteiger partial charge on any atom is 0.295 e. The summed E-state index contributed by atoms with van der Waals surface area (Å²) in [4.78, 5) is 31.3. The highest BCUT2D eigenvalue weighted by Gasteiger charge is 2.46. The van der Waals surface area contributed by atoms with Crippen LogP contribution in [0.4, 0.5) is 0 Å². The first-order valence-corrected chi connectivity index (χ1v) is 9.50. The Labute approximate surface area is 169 Å². The number of carbonyl (C=O) groups excluding carboxylic acids is 2. The molecule has 0 aliphatic carbocycles. The van der Waals surface area contributed by atoms with Crippen molar-refractivity contribution in [3.05, 3.63) is 65.5 Å². The maximum absolute atomic E-state index is 12.8. The summed E-state index contributed by atoms with van der Waals surface area (Å²) in [5, 5.41) is 10.9. The molecule has 3 rings (SSSR count). The number of benzene rings is 1. The summed E-state index contributed by atoms with van der Waals surface area (Å²) in [5.74, 6) is -0.935. The van der Waals surface area contributed by atoms with Gasteiger partial charge < -0.3 is 19.5 Å². The molecule has 0 saturated carbocycles. The number of amides is 1. The van der Waals surface area contributed by atoms with Crippen molar-refractivity contribution in [1.82, 2.24) is 9.88 Å². The second kappa shape index (κ2) is 9.34. The van der Waals surface area contributed by atoms with E-state index in [1.54, 1.807) is 55.8 Å². The first-order chi connectivity index (χ1) is 14.1. The Bertz CT molecular complexity index is 893. The highest BCUT2D eigenvalue weighted by Crippen LogP contribution is 2.38. The van der Waals surface area contributed by atoms with Crippen LogP contribution in [0, 0.1) is 0 Å². The summed E-state index contributed by atoms with van der Waals surface area (Å²) in [7, 11) is 1.58. The topological polar surface area (TPSA) is 89.0 Å². The van der Waals surface area contributed by atoms with Gasteiger partial charge in [-0.15, -0.1) is 0 Å². The maximum atomic E-state index is 12.8. The lowest BCUT2D eigenvalue weighted by Crippen LogP contribution is -2.31. The van der Waals surface area contributed by atoms with Gasteiger partial charge in [0.05, 0.1) is 17.9 Å². The SMILES string of the molecule is CCOc1ccc(/C(O)=C2/C(=O)C(=O)N(CCCOC)C2c2ccccn2)cc1.